The Morgan fingerprint density at radius 3 is 1.27 bits per heavy atom. The Morgan fingerprint density at radius 2 is 0.955 bits per heavy atom. The first-order chi connectivity index (χ1) is 10.5. The largest absolute Gasteiger partial charge is 0.297 e. The number of carbonyl (C=O) groups is 2. The van der Waals surface area contributed by atoms with Crippen LogP contribution in [0.5, 0.6) is 0 Å². The van der Waals surface area contributed by atoms with Gasteiger partial charge < -0.3 is 0 Å². The van der Waals surface area contributed by atoms with E-state index in [1.807, 2.05) is 60.7 Å². The summed E-state index contributed by atoms with van der Waals surface area (Å²) >= 11 is 0. The zero-order valence-electron chi connectivity index (χ0n) is 13.0. The Kier molecular flexibility index (Phi) is 3.48. The summed E-state index contributed by atoms with van der Waals surface area (Å²) in [6.45, 7) is 3.58. The van der Waals surface area contributed by atoms with Crippen LogP contribution in [-0.4, -0.2) is 11.6 Å². The van der Waals surface area contributed by atoms with E-state index in [1.54, 1.807) is 13.8 Å². The Morgan fingerprint density at radius 1 is 0.636 bits per heavy atom. The van der Waals surface area contributed by atoms with Gasteiger partial charge in [-0.25, -0.2) is 0 Å². The number of hydrogen-bond donors (Lipinski definition) is 0. The maximum Gasteiger partial charge on any atom is 0.160 e. The number of rotatable bonds is 4. The highest BCUT2D eigenvalue weighted by Gasteiger charge is 2.65. The van der Waals surface area contributed by atoms with Gasteiger partial charge in [-0.05, 0) is 37.8 Å². The lowest BCUT2D eigenvalue weighted by Crippen LogP contribution is -2.65. The standard InChI is InChI=1S/C20H20O2/c1-19(13-15-9-5-3-6-10-15)17(21)20(2,18(19)22)14-16-11-7-4-8-12-16/h3-12H,13-14H2,1-2H3. The van der Waals surface area contributed by atoms with E-state index in [2.05, 4.69) is 0 Å². The molecule has 0 atom stereocenters. The van der Waals surface area contributed by atoms with Crippen LogP contribution in [0.15, 0.2) is 60.7 Å². The summed E-state index contributed by atoms with van der Waals surface area (Å²) in [6, 6.07) is 19.5. The van der Waals surface area contributed by atoms with Crippen LogP contribution in [0.2, 0.25) is 0 Å². The Hall–Kier alpha value is -2.22. The monoisotopic (exact) mass is 292 g/mol. The summed E-state index contributed by atoms with van der Waals surface area (Å²) in [5.41, 5.74) is 0.331. The summed E-state index contributed by atoms with van der Waals surface area (Å²) in [7, 11) is 0. The fourth-order valence-corrected chi connectivity index (χ4v) is 3.69. The molecule has 2 aromatic rings. The molecule has 1 fully saturated rings. The highest BCUT2D eigenvalue weighted by atomic mass is 16.2. The fourth-order valence-electron chi connectivity index (χ4n) is 3.69. The summed E-state index contributed by atoms with van der Waals surface area (Å²) in [4.78, 5) is 25.6. The third-order valence-electron chi connectivity index (χ3n) is 4.81. The van der Waals surface area contributed by atoms with Gasteiger partial charge in [-0.3, -0.25) is 9.59 Å². The molecule has 2 aromatic carbocycles. The number of Topliss-reactive ketones (excluding diaryl/α,β-unsaturated/α-hetero) is 2. The molecule has 0 spiro atoms. The Bertz CT molecular complexity index is 626. The lowest BCUT2D eigenvalue weighted by atomic mass is 9.49. The molecule has 1 saturated carbocycles. The van der Waals surface area contributed by atoms with Crippen molar-refractivity contribution in [3.63, 3.8) is 0 Å². The van der Waals surface area contributed by atoms with E-state index in [9.17, 15) is 9.59 Å². The van der Waals surface area contributed by atoms with Gasteiger partial charge in [0.15, 0.2) is 11.6 Å². The van der Waals surface area contributed by atoms with Crippen molar-refractivity contribution in [1.82, 2.24) is 0 Å². The van der Waals surface area contributed by atoms with Crippen LogP contribution < -0.4 is 0 Å². The topological polar surface area (TPSA) is 34.1 Å². The van der Waals surface area contributed by atoms with Gasteiger partial charge in [-0.15, -0.1) is 0 Å². The van der Waals surface area contributed by atoms with Gasteiger partial charge in [0.25, 0.3) is 0 Å². The Labute approximate surface area is 131 Å². The van der Waals surface area contributed by atoms with Crippen molar-refractivity contribution < 1.29 is 9.59 Å². The molecule has 22 heavy (non-hydrogen) atoms. The minimum atomic E-state index is -0.870. The molecule has 112 valence electrons. The van der Waals surface area contributed by atoms with Crippen LogP contribution in [-0.2, 0) is 22.4 Å². The third kappa shape index (κ3) is 2.19. The van der Waals surface area contributed by atoms with Crippen molar-refractivity contribution >= 4 is 11.6 Å². The smallest absolute Gasteiger partial charge is 0.160 e. The lowest BCUT2D eigenvalue weighted by Gasteiger charge is -2.49. The molecule has 1 aliphatic rings. The van der Waals surface area contributed by atoms with Crippen LogP contribution >= 0.6 is 0 Å². The maximum atomic E-state index is 12.8. The third-order valence-corrected chi connectivity index (χ3v) is 4.81. The lowest BCUT2D eigenvalue weighted by molar-refractivity contribution is -0.168. The summed E-state index contributed by atoms with van der Waals surface area (Å²) in [5.74, 6) is 0.135. The predicted molar refractivity (Wildman–Crippen MR) is 86.5 cm³/mol. The van der Waals surface area contributed by atoms with Crippen molar-refractivity contribution in [3.05, 3.63) is 71.8 Å². The van der Waals surface area contributed by atoms with Crippen molar-refractivity contribution in [2.45, 2.75) is 26.7 Å². The van der Waals surface area contributed by atoms with Crippen molar-refractivity contribution in [3.8, 4) is 0 Å². The second-order valence-corrected chi connectivity index (χ2v) is 6.65. The highest BCUT2D eigenvalue weighted by molar-refractivity contribution is 6.30. The summed E-state index contributed by atoms with van der Waals surface area (Å²) in [6.07, 6.45) is 0.992. The van der Waals surface area contributed by atoms with Crippen LogP contribution in [0.4, 0.5) is 0 Å². The molecule has 0 N–H and O–H groups in total. The van der Waals surface area contributed by atoms with Gasteiger partial charge in [0, 0.05) is 0 Å². The molecule has 0 heterocycles. The number of hydrogen-bond acceptors (Lipinski definition) is 2. The first-order valence-electron chi connectivity index (χ1n) is 7.64. The normalized spacial score (nSPS) is 27.5. The zero-order chi connectivity index (χ0) is 15.8. The van der Waals surface area contributed by atoms with Gasteiger partial charge in [-0.1, -0.05) is 60.7 Å². The summed E-state index contributed by atoms with van der Waals surface area (Å²) in [5, 5.41) is 0. The van der Waals surface area contributed by atoms with Gasteiger partial charge in [0.2, 0.25) is 0 Å². The van der Waals surface area contributed by atoms with Gasteiger partial charge in [0.1, 0.15) is 0 Å². The van der Waals surface area contributed by atoms with E-state index in [0.29, 0.717) is 12.8 Å². The average Bonchev–Trinajstić information content (AvgIpc) is 2.55. The Balaban J connectivity index is 1.81. The van der Waals surface area contributed by atoms with E-state index >= 15 is 0 Å². The molecule has 0 aromatic heterocycles. The first kappa shape index (κ1) is 14.7. The minimum Gasteiger partial charge on any atom is -0.297 e. The molecule has 0 unspecified atom stereocenters. The molecular weight excluding hydrogens is 272 g/mol. The quantitative estimate of drug-likeness (QED) is 0.806. The van der Waals surface area contributed by atoms with Crippen molar-refractivity contribution in [2.24, 2.45) is 10.8 Å². The SMILES string of the molecule is CC1(Cc2ccccc2)C(=O)C(C)(Cc2ccccc2)C1=O. The molecule has 0 saturated heterocycles. The van der Waals surface area contributed by atoms with E-state index in [-0.39, 0.29) is 11.6 Å². The van der Waals surface area contributed by atoms with Gasteiger partial charge in [-0.2, -0.15) is 0 Å². The van der Waals surface area contributed by atoms with Crippen LogP contribution in [0.1, 0.15) is 25.0 Å². The molecule has 2 heteroatoms. The van der Waals surface area contributed by atoms with Crippen LogP contribution in [0, 0.1) is 10.8 Å². The zero-order valence-corrected chi connectivity index (χ0v) is 13.0. The maximum absolute atomic E-state index is 12.8. The van der Waals surface area contributed by atoms with Crippen molar-refractivity contribution in [1.29, 1.82) is 0 Å². The molecule has 0 amide bonds. The molecule has 3 rings (SSSR count). The number of carbonyl (C=O) groups excluding carboxylic acids is 2. The van der Waals surface area contributed by atoms with E-state index < -0.39 is 10.8 Å². The van der Waals surface area contributed by atoms with E-state index in [0.717, 1.165) is 11.1 Å². The molecule has 2 nitrogen and oxygen atoms in total. The minimum absolute atomic E-state index is 0.0673. The second kappa shape index (κ2) is 5.20. The summed E-state index contributed by atoms with van der Waals surface area (Å²) < 4.78 is 0. The van der Waals surface area contributed by atoms with E-state index in [1.165, 1.54) is 0 Å². The van der Waals surface area contributed by atoms with Crippen LogP contribution in [0.25, 0.3) is 0 Å². The van der Waals surface area contributed by atoms with Crippen molar-refractivity contribution in [2.75, 3.05) is 0 Å². The van der Waals surface area contributed by atoms with Gasteiger partial charge >= 0.3 is 0 Å². The molecule has 1 aliphatic carbocycles. The molecular formula is C20H20O2. The molecule has 0 aliphatic heterocycles. The van der Waals surface area contributed by atoms with Gasteiger partial charge in [0.05, 0.1) is 10.8 Å². The van der Waals surface area contributed by atoms with Crippen LogP contribution in [0.3, 0.4) is 0 Å². The highest BCUT2D eigenvalue weighted by Crippen LogP contribution is 2.50. The van der Waals surface area contributed by atoms with E-state index in [4.69, 9.17) is 0 Å². The second-order valence-electron chi connectivity index (χ2n) is 6.65. The number of benzene rings is 2. The fraction of sp³-hybridized carbons (Fsp3) is 0.300. The average molecular weight is 292 g/mol. The first-order valence-corrected chi connectivity index (χ1v) is 7.64. The molecule has 0 bridgehead atoms. The number of ketones is 2. The molecule has 0 radical (unpaired) electrons. The predicted octanol–water partition coefficient (Wildman–Crippen LogP) is 3.64.